The molecule has 0 amide bonds. The summed E-state index contributed by atoms with van der Waals surface area (Å²) in [6.45, 7) is 0. The van der Waals surface area contributed by atoms with Crippen LogP contribution in [0, 0.1) is 0 Å². The topological polar surface area (TPSA) is 53.0 Å². The van der Waals surface area contributed by atoms with E-state index in [2.05, 4.69) is 4.98 Å². The van der Waals surface area contributed by atoms with E-state index in [4.69, 9.17) is 0 Å². The van der Waals surface area contributed by atoms with E-state index in [1.165, 1.54) is 0 Å². The van der Waals surface area contributed by atoms with Gasteiger partial charge in [0.1, 0.15) is 0 Å². The molecule has 4 heteroatoms. The minimum absolute atomic E-state index is 0.0604. The first-order valence-corrected chi connectivity index (χ1v) is 5.39. The molecular formula is C10H8NO2S-. The van der Waals surface area contributed by atoms with Gasteiger partial charge in [-0.15, -0.1) is 0 Å². The number of rotatable bonds is 2. The minimum atomic E-state index is -2.03. The van der Waals surface area contributed by atoms with E-state index in [1.54, 1.807) is 12.3 Å². The van der Waals surface area contributed by atoms with Gasteiger partial charge in [0.05, 0.1) is 5.52 Å². The summed E-state index contributed by atoms with van der Waals surface area (Å²) in [7, 11) is 0. The standard InChI is InChI=1S/C10H9NO2S/c12-14(13)7-8-3-4-10-9(6-8)2-1-5-11-10/h1-6H,7H2,(H,12,13)/p-1. The first-order chi connectivity index (χ1) is 6.75. The minimum Gasteiger partial charge on any atom is -0.772 e. The van der Waals surface area contributed by atoms with Crippen molar-refractivity contribution in [3.8, 4) is 0 Å². The molecule has 1 atom stereocenters. The number of aromatic nitrogens is 1. The zero-order valence-electron chi connectivity index (χ0n) is 7.34. The van der Waals surface area contributed by atoms with Gasteiger partial charge < -0.3 is 4.55 Å². The maximum atomic E-state index is 10.5. The van der Waals surface area contributed by atoms with Crippen LogP contribution >= 0.6 is 0 Å². The first-order valence-electron chi connectivity index (χ1n) is 4.15. The van der Waals surface area contributed by atoms with Crippen molar-refractivity contribution in [3.63, 3.8) is 0 Å². The highest BCUT2D eigenvalue weighted by Crippen LogP contribution is 2.13. The van der Waals surface area contributed by atoms with Gasteiger partial charge in [0.25, 0.3) is 0 Å². The number of fused-ring (bicyclic) bond motifs is 1. The lowest BCUT2D eigenvalue weighted by Gasteiger charge is -2.05. The van der Waals surface area contributed by atoms with Gasteiger partial charge in [-0.05, 0) is 23.8 Å². The van der Waals surface area contributed by atoms with Gasteiger partial charge in [0, 0.05) is 17.3 Å². The number of hydrogen-bond acceptors (Lipinski definition) is 3. The third-order valence-electron chi connectivity index (χ3n) is 1.95. The molecule has 1 aromatic carbocycles. The Hall–Kier alpha value is -1.26. The molecule has 3 nitrogen and oxygen atoms in total. The van der Waals surface area contributed by atoms with E-state index >= 15 is 0 Å². The molecule has 0 spiro atoms. The third kappa shape index (κ3) is 1.97. The van der Waals surface area contributed by atoms with Gasteiger partial charge in [-0.3, -0.25) is 9.19 Å². The summed E-state index contributed by atoms with van der Waals surface area (Å²) >= 11 is -2.03. The van der Waals surface area contributed by atoms with Crippen molar-refractivity contribution in [2.75, 3.05) is 0 Å². The van der Waals surface area contributed by atoms with Crippen LogP contribution in [0.15, 0.2) is 36.5 Å². The SMILES string of the molecule is O=S([O-])Cc1ccc2ncccc2c1. The first kappa shape index (κ1) is 9.30. The van der Waals surface area contributed by atoms with E-state index in [9.17, 15) is 8.76 Å². The normalized spacial score (nSPS) is 12.9. The van der Waals surface area contributed by atoms with E-state index in [0.717, 1.165) is 16.5 Å². The van der Waals surface area contributed by atoms with Gasteiger partial charge in [0.15, 0.2) is 0 Å². The number of nitrogens with zero attached hydrogens (tertiary/aromatic N) is 1. The van der Waals surface area contributed by atoms with Crippen LogP contribution in [0.2, 0.25) is 0 Å². The molecule has 0 fully saturated rings. The van der Waals surface area contributed by atoms with E-state index < -0.39 is 11.1 Å². The second-order valence-electron chi connectivity index (χ2n) is 2.98. The van der Waals surface area contributed by atoms with E-state index in [1.807, 2.05) is 24.3 Å². The highest BCUT2D eigenvalue weighted by atomic mass is 32.2. The van der Waals surface area contributed by atoms with Gasteiger partial charge in [-0.1, -0.05) is 23.2 Å². The maximum absolute atomic E-state index is 10.5. The molecule has 1 aromatic heterocycles. The van der Waals surface area contributed by atoms with Gasteiger partial charge in [-0.25, -0.2) is 0 Å². The smallest absolute Gasteiger partial charge is 0.0702 e. The highest BCUT2D eigenvalue weighted by molar-refractivity contribution is 7.78. The summed E-state index contributed by atoms with van der Waals surface area (Å²) in [5.74, 6) is 0.0604. The highest BCUT2D eigenvalue weighted by Gasteiger charge is 1.96. The molecule has 0 bridgehead atoms. The molecule has 0 radical (unpaired) electrons. The van der Waals surface area contributed by atoms with E-state index in [-0.39, 0.29) is 5.75 Å². The van der Waals surface area contributed by atoms with Gasteiger partial charge in [0.2, 0.25) is 0 Å². The zero-order valence-corrected chi connectivity index (χ0v) is 8.16. The monoisotopic (exact) mass is 206 g/mol. The molecule has 0 N–H and O–H groups in total. The Morgan fingerprint density at radius 3 is 3.00 bits per heavy atom. The molecule has 0 saturated heterocycles. The van der Waals surface area contributed by atoms with E-state index in [0.29, 0.717) is 0 Å². The second kappa shape index (κ2) is 3.86. The fourth-order valence-electron chi connectivity index (χ4n) is 1.35. The number of hydrogen-bond donors (Lipinski definition) is 0. The van der Waals surface area contributed by atoms with Gasteiger partial charge >= 0.3 is 0 Å². The van der Waals surface area contributed by atoms with Crippen LogP contribution in [0.25, 0.3) is 10.9 Å². The molecular weight excluding hydrogens is 198 g/mol. The summed E-state index contributed by atoms with van der Waals surface area (Å²) in [5.41, 5.74) is 1.67. The predicted molar refractivity (Wildman–Crippen MR) is 54.4 cm³/mol. The Bertz CT molecular complexity index is 484. The Morgan fingerprint density at radius 2 is 2.21 bits per heavy atom. The van der Waals surface area contributed by atoms with Crippen LogP contribution in [-0.2, 0) is 16.8 Å². The second-order valence-corrected chi connectivity index (χ2v) is 3.87. The van der Waals surface area contributed by atoms with Crippen molar-refractivity contribution in [2.24, 2.45) is 0 Å². The average molecular weight is 206 g/mol. The lowest BCUT2D eigenvalue weighted by Crippen LogP contribution is -1.93. The van der Waals surface area contributed by atoms with Crippen molar-refractivity contribution >= 4 is 22.0 Å². The van der Waals surface area contributed by atoms with Crippen molar-refractivity contribution in [1.29, 1.82) is 0 Å². The molecule has 2 rings (SSSR count). The molecule has 1 unspecified atom stereocenters. The summed E-state index contributed by atoms with van der Waals surface area (Å²) in [5, 5.41) is 0.968. The Balaban J connectivity index is 2.46. The van der Waals surface area contributed by atoms with Crippen molar-refractivity contribution in [3.05, 3.63) is 42.1 Å². The molecule has 72 valence electrons. The molecule has 0 aliphatic carbocycles. The van der Waals surface area contributed by atoms with Crippen LogP contribution < -0.4 is 0 Å². The summed E-state index contributed by atoms with van der Waals surface area (Å²) < 4.78 is 21.0. The third-order valence-corrected chi connectivity index (χ3v) is 2.52. The van der Waals surface area contributed by atoms with Crippen LogP contribution in [-0.4, -0.2) is 13.7 Å². The van der Waals surface area contributed by atoms with Crippen molar-refractivity contribution < 1.29 is 8.76 Å². The quantitative estimate of drug-likeness (QED) is 0.701. The van der Waals surface area contributed by atoms with Gasteiger partial charge in [-0.2, -0.15) is 0 Å². The van der Waals surface area contributed by atoms with Crippen LogP contribution in [0.4, 0.5) is 0 Å². The molecule has 2 aromatic rings. The van der Waals surface area contributed by atoms with Crippen LogP contribution in [0.5, 0.6) is 0 Å². The lowest BCUT2D eigenvalue weighted by molar-refractivity contribution is 0.536. The Labute approximate surface area is 84.1 Å². The summed E-state index contributed by atoms with van der Waals surface area (Å²) in [6, 6.07) is 9.21. The molecule has 1 heterocycles. The van der Waals surface area contributed by atoms with Crippen LogP contribution in [0.1, 0.15) is 5.56 Å². The van der Waals surface area contributed by atoms with Crippen molar-refractivity contribution in [1.82, 2.24) is 4.98 Å². The lowest BCUT2D eigenvalue weighted by atomic mass is 10.1. The Kier molecular flexibility index (Phi) is 2.56. The predicted octanol–water partition coefficient (Wildman–Crippen LogP) is 1.61. The van der Waals surface area contributed by atoms with Crippen LogP contribution in [0.3, 0.4) is 0 Å². The fraction of sp³-hybridized carbons (Fsp3) is 0.100. The molecule has 0 aliphatic heterocycles. The fourth-order valence-corrected chi connectivity index (χ4v) is 1.80. The largest absolute Gasteiger partial charge is 0.772 e. The maximum Gasteiger partial charge on any atom is 0.0702 e. The molecule has 0 aliphatic rings. The molecule has 0 saturated carbocycles. The number of pyridine rings is 1. The Morgan fingerprint density at radius 1 is 1.36 bits per heavy atom. The van der Waals surface area contributed by atoms with Crippen molar-refractivity contribution in [2.45, 2.75) is 5.75 Å². The summed E-state index contributed by atoms with van der Waals surface area (Å²) in [6.07, 6.45) is 1.72. The molecule has 14 heavy (non-hydrogen) atoms. The average Bonchev–Trinajstić information content (AvgIpc) is 2.17. The summed E-state index contributed by atoms with van der Waals surface area (Å²) in [4.78, 5) is 4.15. The zero-order chi connectivity index (χ0) is 9.97. The number of benzene rings is 1.